The number of aryl methyl sites for hydroxylation is 1. The third-order valence-electron chi connectivity index (χ3n) is 3.05. The van der Waals surface area contributed by atoms with Gasteiger partial charge in [0.2, 0.25) is 5.91 Å². The van der Waals surface area contributed by atoms with Gasteiger partial charge in [0, 0.05) is 12.2 Å². The van der Waals surface area contributed by atoms with Crippen LogP contribution in [0.5, 0.6) is 0 Å². The number of alkyl halides is 3. The molecule has 5 nitrogen and oxygen atoms in total. The first kappa shape index (κ1) is 17.3. The Morgan fingerprint density at radius 3 is 2.57 bits per heavy atom. The van der Waals surface area contributed by atoms with Crippen molar-refractivity contribution in [3.8, 4) is 0 Å². The Hall–Kier alpha value is -2.03. The van der Waals surface area contributed by atoms with Crippen LogP contribution in [0, 0.1) is 0 Å². The maximum absolute atomic E-state index is 12.5. The SMILES string of the molecule is CCn1cnnc1S[C@H](C)C(=O)Nc1ccc(C(F)(F)F)cc1. The Morgan fingerprint density at radius 1 is 1.35 bits per heavy atom. The van der Waals surface area contributed by atoms with Crippen LogP contribution in [0.4, 0.5) is 18.9 Å². The molecule has 0 aliphatic carbocycles. The largest absolute Gasteiger partial charge is 0.416 e. The highest BCUT2D eigenvalue weighted by atomic mass is 32.2. The van der Waals surface area contributed by atoms with E-state index in [2.05, 4.69) is 15.5 Å². The number of benzene rings is 1. The molecule has 0 aliphatic heterocycles. The molecule has 1 aromatic heterocycles. The number of rotatable bonds is 5. The number of nitrogens with one attached hydrogen (secondary N) is 1. The van der Waals surface area contributed by atoms with Gasteiger partial charge < -0.3 is 9.88 Å². The predicted molar refractivity (Wildman–Crippen MR) is 81.1 cm³/mol. The molecule has 0 spiro atoms. The van der Waals surface area contributed by atoms with Crippen molar-refractivity contribution in [2.45, 2.75) is 37.0 Å². The summed E-state index contributed by atoms with van der Waals surface area (Å²) >= 11 is 1.23. The lowest BCUT2D eigenvalue weighted by Gasteiger charge is -2.12. The molecule has 0 fully saturated rings. The summed E-state index contributed by atoms with van der Waals surface area (Å²) in [5.41, 5.74) is -0.443. The molecule has 1 atom stereocenters. The van der Waals surface area contributed by atoms with Gasteiger partial charge >= 0.3 is 6.18 Å². The van der Waals surface area contributed by atoms with Crippen molar-refractivity contribution in [2.75, 3.05) is 5.32 Å². The lowest BCUT2D eigenvalue weighted by molar-refractivity contribution is -0.137. The van der Waals surface area contributed by atoms with Gasteiger partial charge in [-0.05, 0) is 38.1 Å². The van der Waals surface area contributed by atoms with Crippen molar-refractivity contribution in [3.63, 3.8) is 0 Å². The number of anilines is 1. The molecule has 0 unspecified atom stereocenters. The van der Waals surface area contributed by atoms with Crippen LogP contribution < -0.4 is 5.32 Å². The molecule has 124 valence electrons. The molecular formula is C14H15F3N4OS. The molecule has 0 saturated carbocycles. The van der Waals surface area contributed by atoms with Crippen molar-refractivity contribution in [3.05, 3.63) is 36.2 Å². The second kappa shape index (κ2) is 7.03. The van der Waals surface area contributed by atoms with Gasteiger partial charge in [-0.3, -0.25) is 4.79 Å². The van der Waals surface area contributed by atoms with Crippen LogP contribution in [-0.2, 0) is 17.5 Å². The molecule has 23 heavy (non-hydrogen) atoms. The standard InChI is InChI=1S/C14H15F3N4OS/c1-3-21-8-18-20-13(21)23-9(2)12(22)19-11-6-4-10(5-7-11)14(15,16)17/h4-9H,3H2,1-2H3,(H,19,22)/t9-/m1/s1. The predicted octanol–water partition coefficient (Wildman–Crippen LogP) is 3.44. The number of thioether (sulfide) groups is 1. The fourth-order valence-corrected chi connectivity index (χ4v) is 2.64. The van der Waals surface area contributed by atoms with Gasteiger partial charge in [-0.25, -0.2) is 0 Å². The van der Waals surface area contributed by atoms with Crippen LogP contribution >= 0.6 is 11.8 Å². The minimum atomic E-state index is -4.39. The van der Waals surface area contributed by atoms with Crippen molar-refractivity contribution < 1.29 is 18.0 Å². The normalized spacial score (nSPS) is 12.9. The number of hydrogen-bond donors (Lipinski definition) is 1. The van der Waals surface area contributed by atoms with Gasteiger partial charge in [-0.2, -0.15) is 13.2 Å². The molecule has 2 aromatic rings. The summed E-state index contributed by atoms with van der Waals surface area (Å²) in [6, 6.07) is 4.32. The zero-order valence-electron chi connectivity index (χ0n) is 12.5. The van der Waals surface area contributed by atoms with Crippen LogP contribution in [0.25, 0.3) is 0 Å². The minimum Gasteiger partial charge on any atom is -0.325 e. The first-order chi connectivity index (χ1) is 10.8. The van der Waals surface area contributed by atoms with E-state index in [0.717, 1.165) is 12.1 Å². The average Bonchev–Trinajstić information content (AvgIpc) is 2.94. The average molecular weight is 344 g/mol. The van der Waals surface area contributed by atoms with E-state index < -0.39 is 17.0 Å². The van der Waals surface area contributed by atoms with Crippen molar-refractivity contribution in [1.29, 1.82) is 0 Å². The fourth-order valence-electron chi connectivity index (χ4n) is 1.75. The number of aromatic nitrogens is 3. The van der Waals surface area contributed by atoms with Gasteiger partial charge in [0.05, 0.1) is 10.8 Å². The first-order valence-electron chi connectivity index (χ1n) is 6.84. The van der Waals surface area contributed by atoms with Gasteiger partial charge in [0.1, 0.15) is 6.33 Å². The maximum atomic E-state index is 12.5. The Labute approximate surface area is 135 Å². The topological polar surface area (TPSA) is 59.8 Å². The lowest BCUT2D eigenvalue weighted by atomic mass is 10.2. The van der Waals surface area contributed by atoms with E-state index in [9.17, 15) is 18.0 Å². The number of hydrogen-bond acceptors (Lipinski definition) is 4. The second-order valence-corrected chi connectivity index (χ2v) is 6.03. The van der Waals surface area contributed by atoms with E-state index in [-0.39, 0.29) is 5.91 Å². The van der Waals surface area contributed by atoms with Gasteiger partial charge in [0.25, 0.3) is 0 Å². The van der Waals surface area contributed by atoms with E-state index in [4.69, 9.17) is 0 Å². The van der Waals surface area contributed by atoms with E-state index in [1.54, 1.807) is 17.8 Å². The first-order valence-corrected chi connectivity index (χ1v) is 7.71. The van der Waals surface area contributed by atoms with Gasteiger partial charge in [-0.15, -0.1) is 10.2 Å². The summed E-state index contributed by atoms with van der Waals surface area (Å²) in [6.45, 7) is 4.31. The van der Waals surface area contributed by atoms with E-state index in [0.29, 0.717) is 17.4 Å². The molecule has 1 aromatic carbocycles. The van der Waals surface area contributed by atoms with Crippen molar-refractivity contribution in [1.82, 2.24) is 14.8 Å². The molecule has 0 radical (unpaired) electrons. The summed E-state index contributed by atoms with van der Waals surface area (Å²) in [4.78, 5) is 12.1. The van der Waals surface area contributed by atoms with Crippen LogP contribution in [0.3, 0.4) is 0 Å². The molecule has 0 bridgehead atoms. The summed E-state index contributed by atoms with van der Waals surface area (Å²) in [5.74, 6) is -0.319. The number of halogens is 3. The number of carbonyl (C=O) groups excluding carboxylic acids is 1. The smallest absolute Gasteiger partial charge is 0.325 e. The van der Waals surface area contributed by atoms with Crippen molar-refractivity contribution in [2.24, 2.45) is 0 Å². The van der Waals surface area contributed by atoms with Crippen LogP contribution in [-0.4, -0.2) is 25.9 Å². The molecular weight excluding hydrogens is 329 g/mol. The number of amides is 1. The quantitative estimate of drug-likeness (QED) is 0.844. The highest BCUT2D eigenvalue weighted by molar-refractivity contribution is 8.00. The van der Waals surface area contributed by atoms with Gasteiger partial charge in [0.15, 0.2) is 5.16 Å². The highest BCUT2D eigenvalue weighted by Crippen LogP contribution is 2.30. The molecule has 1 N–H and O–H groups in total. The summed E-state index contributed by atoms with van der Waals surface area (Å²) in [7, 11) is 0. The monoisotopic (exact) mass is 344 g/mol. The van der Waals surface area contributed by atoms with Crippen molar-refractivity contribution >= 4 is 23.4 Å². The van der Waals surface area contributed by atoms with Gasteiger partial charge in [-0.1, -0.05) is 11.8 Å². The van der Waals surface area contributed by atoms with Crippen LogP contribution in [0.1, 0.15) is 19.4 Å². The molecule has 1 amide bonds. The number of nitrogens with zero attached hydrogens (tertiary/aromatic N) is 3. The van der Waals surface area contributed by atoms with E-state index >= 15 is 0 Å². The molecule has 9 heteroatoms. The number of carbonyl (C=O) groups is 1. The zero-order chi connectivity index (χ0) is 17.0. The van der Waals surface area contributed by atoms with E-state index in [1.807, 2.05) is 6.92 Å². The molecule has 1 heterocycles. The summed E-state index contributed by atoms with van der Waals surface area (Å²) in [5, 5.41) is 10.4. The minimum absolute atomic E-state index is 0.312. The maximum Gasteiger partial charge on any atom is 0.416 e. The zero-order valence-corrected chi connectivity index (χ0v) is 13.3. The molecule has 2 rings (SSSR count). The Kier molecular flexibility index (Phi) is 5.30. The lowest BCUT2D eigenvalue weighted by Crippen LogP contribution is -2.23. The van der Waals surface area contributed by atoms with Crippen LogP contribution in [0.2, 0.25) is 0 Å². The summed E-state index contributed by atoms with van der Waals surface area (Å²) in [6.07, 6.45) is -2.82. The fraction of sp³-hybridized carbons (Fsp3) is 0.357. The Balaban J connectivity index is 1.98. The third-order valence-corrected chi connectivity index (χ3v) is 4.15. The highest BCUT2D eigenvalue weighted by Gasteiger charge is 2.30. The Bertz CT molecular complexity index is 669. The molecule has 0 saturated heterocycles. The Morgan fingerprint density at radius 2 is 2.00 bits per heavy atom. The van der Waals surface area contributed by atoms with Crippen LogP contribution in [0.15, 0.2) is 35.7 Å². The molecule has 0 aliphatic rings. The second-order valence-electron chi connectivity index (χ2n) is 4.72. The van der Waals surface area contributed by atoms with E-state index in [1.165, 1.54) is 23.9 Å². The summed E-state index contributed by atoms with van der Waals surface area (Å²) < 4.78 is 39.3. The third kappa shape index (κ3) is 4.47.